The minimum absolute atomic E-state index is 0.226. The van der Waals surface area contributed by atoms with Crippen LogP contribution in [0.4, 0.5) is 5.69 Å². The summed E-state index contributed by atoms with van der Waals surface area (Å²) in [5.74, 6) is -0.226. The number of likely N-dealkylation sites (N-methyl/N-ethyl adjacent to an activating group) is 1. The van der Waals surface area contributed by atoms with Gasteiger partial charge < -0.3 is 5.32 Å². The molecule has 1 amide bonds. The summed E-state index contributed by atoms with van der Waals surface area (Å²) in [6, 6.07) is 12.7. The van der Waals surface area contributed by atoms with E-state index in [9.17, 15) is 9.59 Å². The highest BCUT2D eigenvalue weighted by Gasteiger charge is 2.23. The molecule has 6 nitrogen and oxygen atoms in total. The Kier molecular flexibility index (Phi) is 6.07. The van der Waals surface area contributed by atoms with Crippen molar-refractivity contribution in [2.75, 3.05) is 12.4 Å². The summed E-state index contributed by atoms with van der Waals surface area (Å²) in [5.41, 5.74) is 1.50. The minimum atomic E-state index is -0.412. The van der Waals surface area contributed by atoms with Crippen LogP contribution in [0.3, 0.4) is 0 Å². The van der Waals surface area contributed by atoms with Crippen LogP contribution in [0.25, 0.3) is 5.69 Å². The van der Waals surface area contributed by atoms with Gasteiger partial charge in [0.2, 0.25) is 5.91 Å². The van der Waals surface area contributed by atoms with Gasteiger partial charge in [0.05, 0.1) is 21.8 Å². The lowest BCUT2D eigenvalue weighted by Gasteiger charge is -2.23. The molecule has 1 atom stereocenters. The van der Waals surface area contributed by atoms with Gasteiger partial charge in [0, 0.05) is 18.5 Å². The maximum absolute atomic E-state index is 12.9. The first-order chi connectivity index (χ1) is 13.3. The number of anilines is 1. The monoisotopic (exact) mass is 418 g/mol. The highest BCUT2D eigenvalue weighted by molar-refractivity contribution is 7.16. The lowest BCUT2D eigenvalue weighted by atomic mass is 10.2. The highest BCUT2D eigenvalue weighted by Crippen LogP contribution is 2.23. The molecule has 1 aromatic carbocycles. The minimum Gasteiger partial charge on any atom is -0.319 e. The van der Waals surface area contributed by atoms with Gasteiger partial charge in [-0.05, 0) is 45.2 Å². The Morgan fingerprint density at radius 3 is 2.54 bits per heavy atom. The van der Waals surface area contributed by atoms with Crippen molar-refractivity contribution in [3.05, 3.63) is 67.7 Å². The van der Waals surface area contributed by atoms with Crippen LogP contribution in [0.1, 0.15) is 17.5 Å². The van der Waals surface area contributed by atoms with Gasteiger partial charge in [0.1, 0.15) is 5.69 Å². The third kappa shape index (κ3) is 4.06. The Morgan fingerprint density at radius 2 is 1.93 bits per heavy atom. The predicted molar refractivity (Wildman–Crippen MR) is 115 cm³/mol. The molecule has 3 rings (SSSR count). The number of aromatic nitrogens is 2. The second kappa shape index (κ2) is 8.34. The topological polar surface area (TPSA) is 59.3 Å². The van der Waals surface area contributed by atoms with E-state index in [0.717, 1.165) is 14.9 Å². The largest absolute Gasteiger partial charge is 0.319 e. The van der Waals surface area contributed by atoms with Crippen molar-refractivity contribution in [3.8, 4) is 5.69 Å². The van der Waals surface area contributed by atoms with Gasteiger partial charge in [-0.2, -0.15) is 0 Å². The fourth-order valence-corrected chi connectivity index (χ4v) is 4.11. The molecule has 2 heterocycles. The molecule has 0 spiro atoms. The van der Waals surface area contributed by atoms with Crippen LogP contribution >= 0.6 is 22.9 Å². The lowest BCUT2D eigenvalue weighted by molar-refractivity contribution is -0.120. The van der Waals surface area contributed by atoms with Gasteiger partial charge in [-0.15, -0.1) is 11.3 Å². The highest BCUT2D eigenvalue weighted by atomic mass is 35.5. The molecule has 0 aliphatic rings. The molecular weight excluding hydrogens is 396 g/mol. The SMILES string of the molecule is Cc1c(NC(=O)C(C)N(C)Cc2ccc(Cl)s2)c(=O)n(-c2ccccc2)n1C. The second-order valence-electron chi connectivity index (χ2n) is 6.72. The third-order valence-electron chi connectivity index (χ3n) is 4.88. The first-order valence-corrected chi connectivity index (χ1v) is 10.1. The number of rotatable bonds is 6. The van der Waals surface area contributed by atoms with E-state index in [0.29, 0.717) is 17.9 Å². The number of carbonyl (C=O) groups excluding carboxylic acids is 1. The Morgan fingerprint density at radius 1 is 1.25 bits per heavy atom. The molecule has 0 bridgehead atoms. The quantitative estimate of drug-likeness (QED) is 0.664. The molecule has 0 radical (unpaired) electrons. The van der Waals surface area contributed by atoms with E-state index in [2.05, 4.69) is 5.32 Å². The number of nitrogens with one attached hydrogen (secondary N) is 1. The molecule has 28 heavy (non-hydrogen) atoms. The molecule has 2 aromatic heterocycles. The molecule has 3 aromatic rings. The maximum Gasteiger partial charge on any atom is 0.295 e. The fourth-order valence-electron chi connectivity index (χ4n) is 2.96. The number of amides is 1. The third-order valence-corrected chi connectivity index (χ3v) is 6.09. The molecule has 1 unspecified atom stereocenters. The molecule has 148 valence electrons. The average molecular weight is 419 g/mol. The number of para-hydroxylation sites is 1. The van der Waals surface area contributed by atoms with Gasteiger partial charge in [0.15, 0.2) is 0 Å². The van der Waals surface area contributed by atoms with E-state index in [1.54, 1.807) is 16.4 Å². The summed E-state index contributed by atoms with van der Waals surface area (Å²) in [5, 5.41) is 2.82. The molecule has 8 heteroatoms. The summed E-state index contributed by atoms with van der Waals surface area (Å²) in [6.45, 7) is 4.24. The van der Waals surface area contributed by atoms with Crippen molar-refractivity contribution in [1.82, 2.24) is 14.3 Å². The summed E-state index contributed by atoms with van der Waals surface area (Å²) in [6.07, 6.45) is 0. The molecular formula is C20H23ClN4O2S. The summed E-state index contributed by atoms with van der Waals surface area (Å²) in [4.78, 5) is 28.7. The fraction of sp³-hybridized carbons (Fsp3) is 0.300. The summed E-state index contributed by atoms with van der Waals surface area (Å²) >= 11 is 7.47. The first-order valence-electron chi connectivity index (χ1n) is 8.89. The van der Waals surface area contributed by atoms with Crippen molar-refractivity contribution in [1.29, 1.82) is 0 Å². The van der Waals surface area contributed by atoms with Gasteiger partial charge in [-0.3, -0.25) is 19.2 Å². The Labute approximate surface area is 172 Å². The summed E-state index contributed by atoms with van der Waals surface area (Å²) in [7, 11) is 3.67. The standard InChI is InChI=1S/C20H23ClN4O2S/c1-13-18(20(27)25(24(13)4)15-8-6-5-7-9-15)22-19(26)14(2)23(3)12-16-10-11-17(21)28-16/h5-11,14H,12H2,1-4H3,(H,22,26). The number of nitrogens with zero attached hydrogens (tertiary/aromatic N) is 3. The number of thiophene rings is 1. The first kappa shape index (κ1) is 20.4. The van der Waals surface area contributed by atoms with Crippen LogP contribution in [0.2, 0.25) is 4.34 Å². The maximum atomic E-state index is 12.9. The van der Waals surface area contributed by atoms with Crippen LogP contribution < -0.4 is 10.9 Å². The van der Waals surface area contributed by atoms with E-state index < -0.39 is 6.04 Å². The van der Waals surface area contributed by atoms with Gasteiger partial charge >= 0.3 is 0 Å². The predicted octanol–water partition coefficient (Wildman–Crippen LogP) is 3.66. The molecule has 0 aliphatic heterocycles. The van der Waals surface area contributed by atoms with Crippen LogP contribution in [0, 0.1) is 6.92 Å². The van der Waals surface area contributed by atoms with Crippen molar-refractivity contribution < 1.29 is 4.79 Å². The number of hydrogen-bond donors (Lipinski definition) is 1. The zero-order valence-corrected chi connectivity index (χ0v) is 17.8. The van der Waals surface area contributed by atoms with Crippen molar-refractivity contribution in [3.63, 3.8) is 0 Å². The molecule has 0 saturated heterocycles. The number of halogens is 1. The van der Waals surface area contributed by atoms with E-state index in [1.807, 2.05) is 68.3 Å². The average Bonchev–Trinajstić information content (AvgIpc) is 3.17. The normalized spacial score (nSPS) is 12.4. The molecule has 1 N–H and O–H groups in total. The zero-order chi connectivity index (χ0) is 20.4. The molecule has 0 aliphatic carbocycles. The number of carbonyl (C=O) groups is 1. The zero-order valence-electron chi connectivity index (χ0n) is 16.3. The van der Waals surface area contributed by atoms with E-state index in [1.165, 1.54) is 11.3 Å². The van der Waals surface area contributed by atoms with Crippen LogP contribution in [-0.2, 0) is 18.4 Å². The lowest BCUT2D eigenvalue weighted by Crippen LogP contribution is -2.39. The van der Waals surface area contributed by atoms with Gasteiger partial charge in [-0.25, -0.2) is 4.68 Å². The van der Waals surface area contributed by atoms with E-state index in [4.69, 9.17) is 11.6 Å². The number of hydrogen-bond acceptors (Lipinski definition) is 4. The Bertz CT molecular complexity index is 1040. The van der Waals surface area contributed by atoms with Crippen molar-refractivity contribution in [2.45, 2.75) is 26.4 Å². The van der Waals surface area contributed by atoms with E-state index in [-0.39, 0.29) is 11.5 Å². The van der Waals surface area contributed by atoms with Gasteiger partial charge in [-0.1, -0.05) is 29.8 Å². The second-order valence-corrected chi connectivity index (χ2v) is 8.52. The Balaban J connectivity index is 1.79. The van der Waals surface area contributed by atoms with Crippen LogP contribution in [-0.4, -0.2) is 33.3 Å². The van der Waals surface area contributed by atoms with E-state index >= 15 is 0 Å². The number of benzene rings is 1. The smallest absolute Gasteiger partial charge is 0.295 e. The van der Waals surface area contributed by atoms with Crippen molar-refractivity contribution in [2.24, 2.45) is 7.05 Å². The van der Waals surface area contributed by atoms with Gasteiger partial charge in [0.25, 0.3) is 5.56 Å². The summed E-state index contributed by atoms with van der Waals surface area (Å²) < 4.78 is 4.02. The molecule has 0 saturated carbocycles. The van der Waals surface area contributed by atoms with Crippen LogP contribution in [0.15, 0.2) is 47.3 Å². The Hall–Kier alpha value is -2.35. The van der Waals surface area contributed by atoms with Crippen molar-refractivity contribution >= 4 is 34.5 Å². The molecule has 0 fully saturated rings. The van der Waals surface area contributed by atoms with Crippen LogP contribution in [0.5, 0.6) is 0 Å².